The molecule has 1 rings (SSSR count). The predicted molar refractivity (Wildman–Crippen MR) is 64.6 cm³/mol. The topological polar surface area (TPSA) is 70.2 Å². The molecule has 16 heavy (non-hydrogen) atoms. The summed E-state index contributed by atoms with van der Waals surface area (Å²) < 4.78 is 0. The molecule has 0 aromatic carbocycles. The van der Waals surface area contributed by atoms with Crippen LogP contribution in [0.1, 0.15) is 26.7 Å². The first-order valence-electron chi connectivity index (χ1n) is 5.40. The molecule has 1 heterocycles. The molecule has 1 unspecified atom stereocenters. The smallest absolute Gasteiger partial charge is 0.239 e. The summed E-state index contributed by atoms with van der Waals surface area (Å²) in [5.41, 5.74) is 0. The minimum atomic E-state index is -0.142. The number of carbonyl (C=O) groups excluding carboxylic acids is 2. The molecule has 6 heteroatoms. The molecule has 0 radical (unpaired) electrons. The molecule has 2 amide bonds. The van der Waals surface area contributed by atoms with Crippen LogP contribution < -0.4 is 16.0 Å². The summed E-state index contributed by atoms with van der Waals surface area (Å²) in [5.74, 6) is -0.220. The molecule has 0 bridgehead atoms. The van der Waals surface area contributed by atoms with Crippen molar-refractivity contribution in [1.29, 1.82) is 0 Å². The molecule has 1 fully saturated rings. The molecule has 0 aromatic heterocycles. The van der Waals surface area contributed by atoms with Crippen molar-refractivity contribution >= 4 is 24.2 Å². The third kappa shape index (κ3) is 5.32. The van der Waals surface area contributed by atoms with Crippen LogP contribution in [-0.4, -0.2) is 37.0 Å². The Balaban J connectivity index is 0.00000225. The number of hydrogen-bond acceptors (Lipinski definition) is 3. The zero-order valence-electron chi connectivity index (χ0n) is 9.71. The van der Waals surface area contributed by atoms with Crippen molar-refractivity contribution in [3.63, 3.8) is 0 Å². The summed E-state index contributed by atoms with van der Waals surface area (Å²) in [6.07, 6.45) is 1.88. The van der Waals surface area contributed by atoms with Gasteiger partial charge in [-0.1, -0.05) is 0 Å². The number of nitrogens with one attached hydrogen (secondary N) is 3. The van der Waals surface area contributed by atoms with Gasteiger partial charge in [0.1, 0.15) is 0 Å². The van der Waals surface area contributed by atoms with Crippen LogP contribution >= 0.6 is 12.4 Å². The minimum absolute atomic E-state index is 0. The summed E-state index contributed by atoms with van der Waals surface area (Å²) in [6.45, 7) is 4.72. The fourth-order valence-corrected chi connectivity index (χ4v) is 1.57. The van der Waals surface area contributed by atoms with Gasteiger partial charge in [-0.05, 0) is 33.2 Å². The quantitative estimate of drug-likeness (QED) is 0.646. The summed E-state index contributed by atoms with van der Waals surface area (Å²) in [4.78, 5) is 22.7. The lowest BCUT2D eigenvalue weighted by atomic mass is 10.2. The number of halogens is 1. The Morgan fingerprint density at radius 1 is 1.44 bits per heavy atom. The fourth-order valence-electron chi connectivity index (χ4n) is 1.57. The summed E-state index contributed by atoms with van der Waals surface area (Å²) in [7, 11) is 0. The first kappa shape index (κ1) is 15.2. The van der Waals surface area contributed by atoms with Crippen LogP contribution in [0, 0.1) is 0 Å². The summed E-state index contributed by atoms with van der Waals surface area (Å²) in [5, 5.41) is 8.41. The highest BCUT2D eigenvalue weighted by Crippen LogP contribution is 2.03. The van der Waals surface area contributed by atoms with Crippen LogP contribution in [0.3, 0.4) is 0 Å². The molecule has 0 aromatic rings. The zero-order valence-corrected chi connectivity index (χ0v) is 10.5. The van der Waals surface area contributed by atoms with Crippen molar-refractivity contribution in [2.75, 3.05) is 13.1 Å². The third-order valence-electron chi connectivity index (χ3n) is 2.25. The van der Waals surface area contributed by atoms with Crippen molar-refractivity contribution in [2.45, 2.75) is 38.8 Å². The summed E-state index contributed by atoms with van der Waals surface area (Å²) in [6, 6.07) is -0.00384. The average molecular weight is 250 g/mol. The Kier molecular flexibility index (Phi) is 7.08. The first-order valence-corrected chi connectivity index (χ1v) is 5.40. The van der Waals surface area contributed by atoms with Crippen LogP contribution in [0.25, 0.3) is 0 Å². The van der Waals surface area contributed by atoms with E-state index < -0.39 is 0 Å². The van der Waals surface area contributed by atoms with Gasteiger partial charge in [0.15, 0.2) is 0 Å². The predicted octanol–water partition coefficient (Wildman–Crippen LogP) is -0.199. The van der Waals surface area contributed by atoms with Crippen molar-refractivity contribution in [1.82, 2.24) is 16.0 Å². The van der Waals surface area contributed by atoms with Gasteiger partial charge < -0.3 is 16.0 Å². The van der Waals surface area contributed by atoms with Crippen LogP contribution in [0.5, 0.6) is 0 Å². The van der Waals surface area contributed by atoms with E-state index in [1.807, 2.05) is 13.8 Å². The van der Waals surface area contributed by atoms with E-state index in [1.165, 1.54) is 0 Å². The highest BCUT2D eigenvalue weighted by Gasteiger charge is 2.21. The number of rotatable bonds is 4. The first-order chi connectivity index (χ1) is 7.09. The van der Waals surface area contributed by atoms with E-state index in [-0.39, 0.29) is 42.8 Å². The molecule has 94 valence electrons. The molecule has 0 saturated carbocycles. The van der Waals surface area contributed by atoms with E-state index in [0.717, 1.165) is 19.4 Å². The second-order valence-electron chi connectivity index (χ2n) is 4.09. The molecule has 5 nitrogen and oxygen atoms in total. The maximum atomic E-state index is 11.5. The van der Waals surface area contributed by atoms with Gasteiger partial charge in [-0.25, -0.2) is 0 Å². The number of amides is 2. The van der Waals surface area contributed by atoms with Gasteiger partial charge in [0.2, 0.25) is 11.8 Å². The van der Waals surface area contributed by atoms with Crippen LogP contribution in [-0.2, 0) is 9.59 Å². The van der Waals surface area contributed by atoms with Gasteiger partial charge in [-0.15, -0.1) is 12.4 Å². The highest BCUT2D eigenvalue weighted by atomic mass is 35.5. The molecular weight excluding hydrogens is 230 g/mol. The lowest BCUT2D eigenvalue weighted by molar-refractivity contribution is -0.127. The molecule has 1 atom stereocenters. The lowest BCUT2D eigenvalue weighted by Crippen LogP contribution is -2.45. The van der Waals surface area contributed by atoms with Crippen molar-refractivity contribution < 1.29 is 9.59 Å². The maximum absolute atomic E-state index is 11.5. The lowest BCUT2D eigenvalue weighted by Gasteiger charge is -2.12. The van der Waals surface area contributed by atoms with E-state index in [0.29, 0.717) is 0 Å². The van der Waals surface area contributed by atoms with Gasteiger partial charge in [0, 0.05) is 6.04 Å². The molecule has 1 aliphatic rings. The Labute approximate surface area is 102 Å². The average Bonchev–Trinajstić information content (AvgIpc) is 2.65. The normalized spacial score (nSPS) is 19.1. The van der Waals surface area contributed by atoms with E-state index >= 15 is 0 Å². The van der Waals surface area contributed by atoms with Gasteiger partial charge >= 0.3 is 0 Å². The number of hydrogen-bond donors (Lipinski definition) is 3. The third-order valence-corrected chi connectivity index (χ3v) is 2.25. The van der Waals surface area contributed by atoms with E-state index in [9.17, 15) is 9.59 Å². The summed E-state index contributed by atoms with van der Waals surface area (Å²) >= 11 is 0. The van der Waals surface area contributed by atoms with Crippen molar-refractivity contribution in [3.05, 3.63) is 0 Å². The van der Waals surface area contributed by atoms with Gasteiger partial charge in [-0.3, -0.25) is 9.59 Å². The van der Waals surface area contributed by atoms with Crippen LogP contribution in [0.2, 0.25) is 0 Å². The minimum Gasteiger partial charge on any atom is -0.352 e. The molecule has 1 aliphatic heterocycles. The second-order valence-corrected chi connectivity index (χ2v) is 4.09. The molecule has 0 spiro atoms. The van der Waals surface area contributed by atoms with E-state index in [4.69, 9.17) is 0 Å². The Hall–Kier alpha value is -0.810. The molecule has 3 N–H and O–H groups in total. The van der Waals surface area contributed by atoms with Crippen molar-refractivity contribution in [2.24, 2.45) is 0 Å². The van der Waals surface area contributed by atoms with E-state index in [2.05, 4.69) is 16.0 Å². The Morgan fingerprint density at radius 3 is 2.62 bits per heavy atom. The Bertz CT molecular complexity index is 240. The number of carbonyl (C=O) groups is 2. The van der Waals surface area contributed by atoms with Crippen molar-refractivity contribution in [3.8, 4) is 0 Å². The molecular formula is C10H20ClN3O2. The van der Waals surface area contributed by atoms with Crippen LogP contribution in [0.4, 0.5) is 0 Å². The zero-order chi connectivity index (χ0) is 11.3. The molecule has 1 saturated heterocycles. The second kappa shape index (κ2) is 7.46. The highest BCUT2D eigenvalue weighted by molar-refractivity contribution is 5.87. The maximum Gasteiger partial charge on any atom is 0.239 e. The van der Waals surface area contributed by atoms with Gasteiger partial charge in [-0.2, -0.15) is 0 Å². The Morgan fingerprint density at radius 2 is 2.12 bits per heavy atom. The largest absolute Gasteiger partial charge is 0.352 e. The van der Waals surface area contributed by atoms with Gasteiger partial charge in [0.25, 0.3) is 0 Å². The standard InChI is InChI=1S/C10H19N3O2.ClH/c1-7(2)13-9(14)6-12-10(15)8-4-3-5-11-8;/h7-8,11H,3-6H2,1-2H3,(H,12,15)(H,13,14);1H. The van der Waals surface area contributed by atoms with Crippen LogP contribution in [0.15, 0.2) is 0 Å². The fraction of sp³-hybridized carbons (Fsp3) is 0.800. The molecule has 0 aliphatic carbocycles. The SMILES string of the molecule is CC(C)NC(=O)CNC(=O)C1CCCN1.Cl. The van der Waals surface area contributed by atoms with E-state index in [1.54, 1.807) is 0 Å². The van der Waals surface area contributed by atoms with Gasteiger partial charge in [0.05, 0.1) is 12.6 Å². The monoisotopic (exact) mass is 249 g/mol.